The van der Waals surface area contributed by atoms with Crippen molar-refractivity contribution in [3.05, 3.63) is 66.7 Å². The molecule has 0 atom stereocenters. The van der Waals surface area contributed by atoms with Crippen molar-refractivity contribution in [2.45, 2.75) is 26.7 Å². The standard InChI is InChI=1S/C17H16BrIO/c1-3-11-5-6-12(4-2)14(9-11)17(20)15-10-13(18)7-8-16(15)19/h5-10H,3-4H2,1-2H3. The molecule has 0 unspecified atom stereocenters. The Morgan fingerprint density at radius 3 is 2.45 bits per heavy atom. The fourth-order valence-corrected chi connectivity index (χ4v) is 3.12. The van der Waals surface area contributed by atoms with Crippen LogP contribution in [0.4, 0.5) is 0 Å². The molecule has 0 radical (unpaired) electrons. The molecule has 1 nitrogen and oxygen atoms in total. The molecule has 0 heterocycles. The van der Waals surface area contributed by atoms with Gasteiger partial charge in [-0.2, -0.15) is 0 Å². The zero-order valence-corrected chi connectivity index (χ0v) is 15.3. The molecule has 0 aromatic heterocycles. The lowest BCUT2D eigenvalue weighted by Gasteiger charge is -2.11. The van der Waals surface area contributed by atoms with Crippen molar-refractivity contribution in [3.8, 4) is 0 Å². The first-order chi connectivity index (χ1) is 9.56. The van der Waals surface area contributed by atoms with Crippen LogP contribution in [0, 0.1) is 3.57 Å². The van der Waals surface area contributed by atoms with Crippen molar-refractivity contribution >= 4 is 44.3 Å². The van der Waals surface area contributed by atoms with Crippen molar-refractivity contribution < 1.29 is 4.79 Å². The summed E-state index contributed by atoms with van der Waals surface area (Å²) < 4.78 is 1.92. The van der Waals surface area contributed by atoms with E-state index in [1.54, 1.807) is 0 Å². The van der Waals surface area contributed by atoms with E-state index in [0.717, 1.165) is 37.6 Å². The van der Waals surface area contributed by atoms with E-state index in [1.807, 2.05) is 24.3 Å². The van der Waals surface area contributed by atoms with Crippen LogP contribution in [0.5, 0.6) is 0 Å². The lowest BCUT2D eigenvalue weighted by atomic mass is 9.94. The molecule has 104 valence electrons. The van der Waals surface area contributed by atoms with Gasteiger partial charge < -0.3 is 0 Å². The largest absolute Gasteiger partial charge is 0.289 e. The first kappa shape index (κ1) is 15.7. The Labute approximate surface area is 142 Å². The predicted octanol–water partition coefficient (Wildman–Crippen LogP) is 5.41. The van der Waals surface area contributed by atoms with Crippen LogP contribution in [-0.2, 0) is 12.8 Å². The summed E-state index contributed by atoms with van der Waals surface area (Å²) in [6.45, 7) is 4.20. The number of ketones is 1. The van der Waals surface area contributed by atoms with Gasteiger partial charge in [-0.05, 0) is 70.8 Å². The smallest absolute Gasteiger partial charge is 0.194 e. The summed E-state index contributed by atoms with van der Waals surface area (Å²) in [5.41, 5.74) is 3.92. The Kier molecular flexibility index (Phi) is 5.38. The van der Waals surface area contributed by atoms with Gasteiger partial charge in [-0.25, -0.2) is 0 Å². The van der Waals surface area contributed by atoms with E-state index in [0.29, 0.717) is 0 Å². The van der Waals surface area contributed by atoms with Crippen molar-refractivity contribution in [2.24, 2.45) is 0 Å². The Bertz CT molecular complexity index is 649. The molecule has 0 fully saturated rings. The average molecular weight is 443 g/mol. The highest BCUT2D eigenvalue weighted by molar-refractivity contribution is 14.1. The van der Waals surface area contributed by atoms with Crippen LogP contribution in [0.2, 0.25) is 0 Å². The molecule has 0 amide bonds. The van der Waals surface area contributed by atoms with Crippen LogP contribution < -0.4 is 0 Å². The molecule has 2 aromatic carbocycles. The molecule has 3 heteroatoms. The minimum atomic E-state index is 0.114. The first-order valence-corrected chi connectivity index (χ1v) is 8.55. The summed E-state index contributed by atoms with van der Waals surface area (Å²) in [6.07, 6.45) is 1.81. The molecular weight excluding hydrogens is 427 g/mol. The predicted molar refractivity (Wildman–Crippen MR) is 95.5 cm³/mol. The summed E-state index contributed by atoms with van der Waals surface area (Å²) in [5, 5.41) is 0. The fraction of sp³-hybridized carbons (Fsp3) is 0.235. The van der Waals surface area contributed by atoms with E-state index in [1.165, 1.54) is 5.56 Å². The number of hydrogen-bond acceptors (Lipinski definition) is 1. The summed E-state index contributed by atoms with van der Waals surface area (Å²) in [7, 11) is 0. The van der Waals surface area contributed by atoms with Crippen LogP contribution in [0.15, 0.2) is 40.9 Å². The Morgan fingerprint density at radius 2 is 1.80 bits per heavy atom. The molecule has 2 rings (SSSR count). The molecule has 0 bridgehead atoms. The van der Waals surface area contributed by atoms with Gasteiger partial charge in [0.15, 0.2) is 5.78 Å². The van der Waals surface area contributed by atoms with Crippen LogP contribution >= 0.6 is 38.5 Å². The summed E-state index contributed by atoms with van der Waals surface area (Å²) >= 11 is 5.66. The van der Waals surface area contributed by atoms with Gasteiger partial charge >= 0.3 is 0 Å². The first-order valence-electron chi connectivity index (χ1n) is 6.68. The maximum absolute atomic E-state index is 12.8. The number of carbonyl (C=O) groups excluding carboxylic acids is 1. The zero-order valence-electron chi connectivity index (χ0n) is 11.5. The van der Waals surface area contributed by atoms with Gasteiger partial charge in [-0.3, -0.25) is 4.79 Å². The van der Waals surface area contributed by atoms with Crippen molar-refractivity contribution in [1.29, 1.82) is 0 Å². The topological polar surface area (TPSA) is 17.1 Å². The lowest BCUT2D eigenvalue weighted by molar-refractivity contribution is 0.103. The van der Waals surface area contributed by atoms with Gasteiger partial charge in [0.1, 0.15) is 0 Å². The van der Waals surface area contributed by atoms with E-state index in [-0.39, 0.29) is 5.78 Å². The number of halogens is 2. The molecule has 0 saturated heterocycles. The third kappa shape index (κ3) is 3.31. The summed E-state index contributed by atoms with van der Waals surface area (Å²) in [4.78, 5) is 12.8. The number of hydrogen-bond donors (Lipinski definition) is 0. The molecule has 0 saturated carbocycles. The average Bonchev–Trinajstić information content (AvgIpc) is 2.48. The van der Waals surface area contributed by atoms with E-state index < -0.39 is 0 Å². The molecule has 0 N–H and O–H groups in total. The van der Waals surface area contributed by atoms with Crippen LogP contribution in [-0.4, -0.2) is 5.78 Å². The van der Waals surface area contributed by atoms with Crippen LogP contribution in [0.1, 0.15) is 40.9 Å². The summed E-state index contributed by atoms with van der Waals surface area (Å²) in [5.74, 6) is 0.114. The number of carbonyl (C=O) groups is 1. The van der Waals surface area contributed by atoms with Crippen LogP contribution in [0.25, 0.3) is 0 Å². The Morgan fingerprint density at radius 1 is 1.05 bits per heavy atom. The molecule has 0 spiro atoms. The summed E-state index contributed by atoms with van der Waals surface area (Å²) in [6, 6.07) is 12.1. The van der Waals surface area contributed by atoms with Gasteiger partial charge in [-0.1, -0.05) is 41.9 Å². The third-order valence-corrected chi connectivity index (χ3v) is 4.82. The van der Waals surface area contributed by atoms with E-state index >= 15 is 0 Å². The monoisotopic (exact) mass is 442 g/mol. The van der Waals surface area contributed by atoms with Crippen LogP contribution in [0.3, 0.4) is 0 Å². The van der Waals surface area contributed by atoms with Crippen molar-refractivity contribution in [1.82, 2.24) is 0 Å². The quantitative estimate of drug-likeness (QED) is 0.457. The second-order valence-electron chi connectivity index (χ2n) is 4.65. The second kappa shape index (κ2) is 6.85. The maximum atomic E-state index is 12.8. The number of aryl methyl sites for hydroxylation is 2. The fourth-order valence-electron chi connectivity index (χ4n) is 2.18. The maximum Gasteiger partial charge on any atom is 0.194 e. The molecule has 0 aliphatic heterocycles. The minimum absolute atomic E-state index is 0.114. The second-order valence-corrected chi connectivity index (χ2v) is 6.73. The highest BCUT2D eigenvalue weighted by Crippen LogP contribution is 2.24. The van der Waals surface area contributed by atoms with Gasteiger partial charge in [0, 0.05) is 19.2 Å². The molecule has 20 heavy (non-hydrogen) atoms. The third-order valence-electron chi connectivity index (χ3n) is 3.38. The molecule has 0 aliphatic carbocycles. The van der Waals surface area contributed by atoms with Crippen molar-refractivity contribution in [2.75, 3.05) is 0 Å². The number of benzene rings is 2. The van der Waals surface area contributed by atoms with Gasteiger partial charge in [0.25, 0.3) is 0 Å². The van der Waals surface area contributed by atoms with Gasteiger partial charge in [-0.15, -0.1) is 0 Å². The van der Waals surface area contributed by atoms with Crippen molar-refractivity contribution in [3.63, 3.8) is 0 Å². The van der Waals surface area contributed by atoms with Gasteiger partial charge in [0.05, 0.1) is 0 Å². The minimum Gasteiger partial charge on any atom is -0.289 e. The normalized spacial score (nSPS) is 10.6. The highest BCUT2D eigenvalue weighted by Gasteiger charge is 2.16. The molecule has 2 aromatic rings. The molecule has 0 aliphatic rings. The van der Waals surface area contributed by atoms with E-state index in [9.17, 15) is 4.79 Å². The number of rotatable bonds is 4. The van der Waals surface area contributed by atoms with E-state index in [4.69, 9.17) is 0 Å². The Hall–Kier alpha value is -0.680. The van der Waals surface area contributed by atoms with E-state index in [2.05, 4.69) is 64.5 Å². The Balaban J connectivity index is 2.54. The van der Waals surface area contributed by atoms with Gasteiger partial charge in [0.2, 0.25) is 0 Å². The zero-order chi connectivity index (χ0) is 14.7. The SMILES string of the molecule is CCc1ccc(CC)c(C(=O)c2cc(Br)ccc2I)c1. The molecular formula is C17H16BrIO. The lowest BCUT2D eigenvalue weighted by Crippen LogP contribution is -2.08. The highest BCUT2D eigenvalue weighted by atomic mass is 127.